The number of rotatable bonds is 3. The zero-order valence-electron chi connectivity index (χ0n) is 8.99. The summed E-state index contributed by atoms with van der Waals surface area (Å²) in [5, 5.41) is 0.724. The van der Waals surface area contributed by atoms with E-state index in [-0.39, 0.29) is 4.69 Å². The van der Waals surface area contributed by atoms with Gasteiger partial charge in [0.25, 0.3) is 0 Å². The first-order valence-electron chi connectivity index (χ1n) is 5.18. The van der Waals surface area contributed by atoms with E-state index in [1.807, 2.05) is 48.5 Å². The topological polar surface area (TPSA) is 17.1 Å². The third-order valence-electron chi connectivity index (χ3n) is 2.45. The molecule has 0 atom stereocenters. The minimum absolute atomic E-state index is 0.00648. The van der Waals surface area contributed by atoms with Crippen molar-refractivity contribution in [3.05, 3.63) is 59.1 Å². The molecule has 0 radical (unpaired) electrons. The van der Waals surface area contributed by atoms with Crippen LogP contribution in [0.25, 0.3) is 11.1 Å². The molecular formula is C14H10BrClO. The third kappa shape index (κ3) is 3.42. The largest absolute Gasteiger partial charge is 0.286 e. The van der Waals surface area contributed by atoms with E-state index in [9.17, 15) is 4.79 Å². The molecule has 2 aromatic rings. The number of hydrogen-bond donors (Lipinski definition) is 0. The van der Waals surface area contributed by atoms with Gasteiger partial charge in [-0.2, -0.15) is 0 Å². The maximum absolute atomic E-state index is 10.9. The van der Waals surface area contributed by atoms with E-state index in [4.69, 9.17) is 11.6 Å². The van der Waals surface area contributed by atoms with Crippen LogP contribution >= 0.6 is 27.5 Å². The van der Waals surface area contributed by atoms with E-state index in [1.165, 1.54) is 0 Å². The van der Waals surface area contributed by atoms with Gasteiger partial charge in [-0.1, -0.05) is 48.0 Å². The Kier molecular flexibility index (Phi) is 3.97. The summed E-state index contributed by atoms with van der Waals surface area (Å²) in [6, 6.07) is 15.6. The molecule has 0 amide bonds. The minimum atomic E-state index is -0.00648. The number of carbonyl (C=O) groups is 1. The summed E-state index contributed by atoms with van der Waals surface area (Å²) in [6.07, 6.45) is 0.413. The van der Waals surface area contributed by atoms with Crippen molar-refractivity contribution < 1.29 is 4.79 Å². The summed E-state index contributed by atoms with van der Waals surface area (Å²) in [5.41, 5.74) is 3.17. The molecule has 0 fully saturated rings. The van der Waals surface area contributed by atoms with Gasteiger partial charge in [-0.3, -0.25) is 4.79 Å². The van der Waals surface area contributed by atoms with E-state index in [0.29, 0.717) is 6.42 Å². The molecular weight excluding hydrogens is 300 g/mol. The average Bonchev–Trinajstić information content (AvgIpc) is 2.29. The Bertz CT molecular complexity index is 534. The lowest BCUT2D eigenvalue weighted by atomic mass is 10.0. The van der Waals surface area contributed by atoms with Crippen molar-refractivity contribution in [1.29, 1.82) is 0 Å². The molecule has 0 unspecified atom stereocenters. The van der Waals surface area contributed by atoms with Crippen LogP contribution in [0, 0.1) is 0 Å². The molecule has 1 nitrogen and oxygen atoms in total. The van der Waals surface area contributed by atoms with E-state index in [1.54, 1.807) is 0 Å². The van der Waals surface area contributed by atoms with Crippen LogP contribution in [0.15, 0.2) is 48.5 Å². The second kappa shape index (κ2) is 5.48. The predicted molar refractivity (Wildman–Crippen MR) is 74.5 cm³/mol. The minimum Gasteiger partial charge on any atom is -0.286 e. The Hall–Kier alpha value is -1.12. The van der Waals surface area contributed by atoms with Gasteiger partial charge < -0.3 is 0 Å². The summed E-state index contributed by atoms with van der Waals surface area (Å²) in [4.78, 5) is 10.9. The Morgan fingerprint density at radius 1 is 1.06 bits per heavy atom. The van der Waals surface area contributed by atoms with Crippen molar-refractivity contribution in [2.24, 2.45) is 0 Å². The number of hydrogen-bond acceptors (Lipinski definition) is 1. The molecule has 0 N–H and O–H groups in total. The van der Waals surface area contributed by atoms with E-state index >= 15 is 0 Å². The quantitative estimate of drug-likeness (QED) is 0.765. The zero-order valence-corrected chi connectivity index (χ0v) is 11.3. The summed E-state index contributed by atoms with van der Waals surface area (Å²) in [6.45, 7) is 0. The molecule has 0 aliphatic rings. The highest BCUT2D eigenvalue weighted by Gasteiger charge is 2.01. The lowest BCUT2D eigenvalue weighted by Crippen LogP contribution is -1.92. The van der Waals surface area contributed by atoms with Gasteiger partial charge in [0, 0.05) is 11.4 Å². The van der Waals surface area contributed by atoms with Gasteiger partial charge in [0.2, 0.25) is 4.69 Å². The van der Waals surface area contributed by atoms with Gasteiger partial charge in [0.15, 0.2) is 0 Å². The first kappa shape index (κ1) is 12.3. The van der Waals surface area contributed by atoms with Crippen molar-refractivity contribution >= 4 is 32.2 Å². The second-order valence-electron chi connectivity index (χ2n) is 3.74. The van der Waals surface area contributed by atoms with E-state index in [0.717, 1.165) is 21.7 Å². The molecule has 3 heteroatoms. The molecule has 2 aromatic carbocycles. The van der Waals surface area contributed by atoms with Crippen LogP contribution in [0.3, 0.4) is 0 Å². The van der Waals surface area contributed by atoms with Gasteiger partial charge in [-0.25, -0.2) is 0 Å². The summed E-state index contributed by atoms with van der Waals surface area (Å²) in [5.74, 6) is 0. The molecule has 0 saturated carbocycles. The zero-order chi connectivity index (χ0) is 12.3. The molecule has 0 aliphatic carbocycles. The lowest BCUT2D eigenvalue weighted by Gasteiger charge is -2.03. The van der Waals surface area contributed by atoms with Crippen molar-refractivity contribution in [3.8, 4) is 11.1 Å². The number of carbonyl (C=O) groups excluding carboxylic acids is 1. The van der Waals surface area contributed by atoms with E-state index in [2.05, 4.69) is 15.9 Å². The van der Waals surface area contributed by atoms with Crippen LogP contribution in [0.2, 0.25) is 5.02 Å². The van der Waals surface area contributed by atoms with Crippen LogP contribution in [0.4, 0.5) is 0 Å². The van der Waals surface area contributed by atoms with Crippen LogP contribution in [0.5, 0.6) is 0 Å². The second-order valence-corrected chi connectivity index (χ2v) is 5.06. The number of halogens is 2. The maximum atomic E-state index is 10.9. The Balaban J connectivity index is 2.26. The molecule has 0 spiro atoms. The highest BCUT2D eigenvalue weighted by Crippen LogP contribution is 2.23. The molecule has 0 saturated heterocycles. The molecule has 0 aromatic heterocycles. The molecule has 2 rings (SSSR count). The molecule has 0 aliphatic heterocycles. The Labute approximate surface area is 114 Å². The first-order valence-corrected chi connectivity index (χ1v) is 6.35. The van der Waals surface area contributed by atoms with Crippen molar-refractivity contribution in [2.45, 2.75) is 6.42 Å². The highest BCUT2D eigenvalue weighted by atomic mass is 79.9. The first-order chi connectivity index (χ1) is 8.15. The normalized spacial score (nSPS) is 10.2. The summed E-state index contributed by atoms with van der Waals surface area (Å²) < 4.78 is -0.00648. The predicted octanol–water partition coefficient (Wildman–Crippen LogP) is 4.47. The molecule has 17 heavy (non-hydrogen) atoms. The van der Waals surface area contributed by atoms with Gasteiger partial charge in [0.05, 0.1) is 0 Å². The average molecular weight is 310 g/mol. The standard InChI is InChI=1S/C14H10BrClO/c15-14(17)8-10-4-6-11(7-5-10)12-2-1-3-13(16)9-12/h1-7,9H,8H2. The fourth-order valence-electron chi connectivity index (χ4n) is 1.64. The molecule has 0 heterocycles. The summed E-state index contributed by atoms with van der Waals surface area (Å²) >= 11 is 8.87. The van der Waals surface area contributed by atoms with Gasteiger partial charge in [-0.05, 0) is 44.8 Å². The number of benzene rings is 2. The van der Waals surface area contributed by atoms with Gasteiger partial charge >= 0.3 is 0 Å². The van der Waals surface area contributed by atoms with Crippen LogP contribution in [-0.2, 0) is 11.2 Å². The molecule has 0 bridgehead atoms. The molecule has 86 valence electrons. The SMILES string of the molecule is O=C(Br)Cc1ccc(-c2cccc(Cl)c2)cc1. The van der Waals surface area contributed by atoms with Crippen LogP contribution in [-0.4, -0.2) is 4.69 Å². The highest BCUT2D eigenvalue weighted by molar-refractivity contribution is 9.18. The van der Waals surface area contributed by atoms with Crippen molar-refractivity contribution in [3.63, 3.8) is 0 Å². The van der Waals surface area contributed by atoms with Gasteiger partial charge in [-0.15, -0.1) is 0 Å². The maximum Gasteiger partial charge on any atom is 0.202 e. The smallest absolute Gasteiger partial charge is 0.202 e. The van der Waals surface area contributed by atoms with Gasteiger partial charge in [0.1, 0.15) is 0 Å². The Morgan fingerprint density at radius 2 is 1.76 bits per heavy atom. The summed E-state index contributed by atoms with van der Waals surface area (Å²) in [7, 11) is 0. The fraction of sp³-hybridized carbons (Fsp3) is 0.0714. The lowest BCUT2D eigenvalue weighted by molar-refractivity contribution is -0.109. The van der Waals surface area contributed by atoms with E-state index < -0.39 is 0 Å². The Morgan fingerprint density at radius 3 is 2.35 bits per heavy atom. The monoisotopic (exact) mass is 308 g/mol. The van der Waals surface area contributed by atoms with Crippen molar-refractivity contribution in [1.82, 2.24) is 0 Å². The van der Waals surface area contributed by atoms with Crippen molar-refractivity contribution in [2.75, 3.05) is 0 Å². The van der Waals surface area contributed by atoms with Crippen LogP contribution in [0.1, 0.15) is 5.56 Å². The van der Waals surface area contributed by atoms with Crippen LogP contribution < -0.4 is 0 Å². The third-order valence-corrected chi connectivity index (χ3v) is 2.97. The fourth-order valence-corrected chi connectivity index (χ4v) is 2.16.